The number of hydrogen-bond donors (Lipinski definition) is 2. The summed E-state index contributed by atoms with van der Waals surface area (Å²) < 4.78 is 0. The lowest BCUT2D eigenvalue weighted by Crippen LogP contribution is -2.41. The molecule has 0 saturated heterocycles. The minimum Gasteiger partial charge on any atom is -0.480 e. The molecule has 5 heteroatoms. The summed E-state index contributed by atoms with van der Waals surface area (Å²) in [6.07, 6.45) is 2.67. The Labute approximate surface area is 159 Å². The summed E-state index contributed by atoms with van der Waals surface area (Å²) in [6, 6.07) is 16.0. The quantitative estimate of drug-likeness (QED) is 0.605. The van der Waals surface area contributed by atoms with Crippen molar-refractivity contribution in [2.24, 2.45) is 0 Å². The first-order chi connectivity index (χ1) is 12.6. The van der Waals surface area contributed by atoms with Gasteiger partial charge in [0, 0.05) is 5.56 Å². The highest BCUT2D eigenvalue weighted by atomic mass is 32.2. The van der Waals surface area contributed by atoms with Gasteiger partial charge in [-0.15, -0.1) is 0 Å². The number of thioether (sulfide) groups is 1. The second kappa shape index (κ2) is 10.7. The summed E-state index contributed by atoms with van der Waals surface area (Å²) in [5.41, 5.74) is 2.22. The summed E-state index contributed by atoms with van der Waals surface area (Å²) >= 11 is 1.73. The van der Waals surface area contributed by atoms with E-state index in [-0.39, 0.29) is 5.91 Å². The van der Waals surface area contributed by atoms with Crippen LogP contribution in [0.2, 0.25) is 0 Å². The Kier molecular flexibility index (Phi) is 8.22. The fourth-order valence-corrected chi connectivity index (χ4v) is 3.69. The molecule has 2 N–H and O–H groups in total. The van der Waals surface area contributed by atoms with Crippen LogP contribution in [0.4, 0.5) is 0 Å². The predicted molar refractivity (Wildman–Crippen MR) is 108 cm³/mol. The van der Waals surface area contributed by atoms with Gasteiger partial charge in [-0.3, -0.25) is 4.79 Å². The van der Waals surface area contributed by atoms with Crippen LogP contribution in [0.1, 0.15) is 36.5 Å². The number of nitrogens with one attached hydrogen (secondary N) is 1. The van der Waals surface area contributed by atoms with E-state index in [9.17, 15) is 14.7 Å². The van der Waals surface area contributed by atoms with Crippen molar-refractivity contribution in [3.05, 3.63) is 60.2 Å². The third-order valence-corrected chi connectivity index (χ3v) is 5.15. The zero-order valence-electron chi connectivity index (χ0n) is 15.0. The van der Waals surface area contributed by atoms with Gasteiger partial charge in [-0.05, 0) is 41.5 Å². The molecule has 0 unspecified atom stereocenters. The van der Waals surface area contributed by atoms with Crippen LogP contribution in [0, 0.1) is 0 Å². The maximum absolute atomic E-state index is 12.7. The number of unbranched alkanes of at least 4 members (excludes halogenated alkanes) is 1. The number of carboxylic acid groups (broad SMARTS) is 1. The number of hydrogen-bond acceptors (Lipinski definition) is 3. The maximum Gasteiger partial charge on any atom is 0.326 e. The van der Waals surface area contributed by atoms with E-state index in [1.165, 1.54) is 0 Å². The Bertz CT molecular complexity index is 718. The predicted octanol–water partition coefficient (Wildman–Crippen LogP) is 4.46. The van der Waals surface area contributed by atoms with Crippen LogP contribution in [0.3, 0.4) is 0 Å². The summed E-state index contributed by atoms with van der Waals surface area (Å²) in [5.74, 6) is 0.396. The molecule has 0 aliphatic heterocycles. The molecule has 0 heterocycles. The van der Waals surface area contributed by atoms with E-state index < -0.39 is 12.0 Å². The molecule has 0 fully saturated rings. The molecule has 0 spiro atoms. The number of carbonyl (C=O) groups is 2. The highest BCUT2D eigenvalue weighted by Gasteiger charge is 2.21. The Balaban J connectivity index is 2.07. The van der Waals surface area contributed by atoms with Gasteiger partial charge < -0.3 is 10.4 Å². The van der Waals surface area contributed by atoms with E-state index in [4.69, 9.17) is 0 Å². The van der Waals surface area contributed by atoms with Crippen molar-refractivity contribution in [3.8, 4) is 11.1 Å². The Morgan fingerprint density at radius 3 is 2.42 bits per heavy atom. The normalized spacial score (nSPS) is 11.7. The lowest BCUT2D eigenvalue weighted by molar-refractivity contribution is -0.139. The van der Waals surface area contributed by atoms with Gasteiger partial charge in [0.05, 0.1) is 0 Å². The lowest BCUT2D eigenvalue weighted by Gasteiger charge is -2.16. The van der Waals surface area contributed by atoms with Crippen molar-refractivity contribution in [1.29, 1.82) is 0 Å². The van der Waals surface area contributed by atoms with Gasteiger partial charge in [0.25, 0.3) is 5.91 Å². The van der Waals surface area contributed by atoms with Crippen LogP contribution < -0.4 is 5.32 Å². The molecule has 1 amide bonds. The van der Waals surface area contributed by atoms with Crippen LogP contribution in [0.15, 0.2) is 54.6 Å². The molecule has 2 rings (SSSR count). The number of aliphatic carboxylic acids is 1. The first-order valence-electron chi connectivity index (χ1n) is 8.89. The van der Waals surface area contributed by atoms with Gasteiger partial charge in [0.15, 0.2) is 0 Å². The molecule has 26 heavy (non-hydrogen) atoms. The Hall–Kier alpha value is -2.27. The van der Waals surface area contributed by atoms with E-state index in [1.54, 1.807) is 23.9 Å². The molecule has 0 aliphatic carbocycles. The first-order valence-corrected chi connectivity index (χ1v) is 10.0. The third-order valence-electron chi connectivity index (χ3n) is 4.05. The van der Waals surface area contributed by atoms with Crippen molar-refractivity contribution < 1.29 is 14.7 Å². The molecule has 0 bridgehead atoms. The lowest BCUT2D eigenvalue weighted by atomic mass is 9.99. The molecule has 0 aliphatic rings. The van der Waals surface area contributed by atoms with E-state index in [0.717, 1.165) is 35.5 Å². The SMILES string of the molecule is CCCCSCC[C@H](NC(=O)c1ccccc1-c1ccccc1)C(=O)O. The summed E-state index contributed by atoms with van der Waals surface area (Å²) in [5, 5.41) is 12.1. The Morgan fingerprint density at radius 1 is 1.04 bits per heavy atom. The van der Waals surface area contributed by atoms with Crippen molar-refractivity contribution in [2.75, 3.05) is 11.5 Å². The van der Waals surface area contributed by atoms with E-state index in [0.29, 0.717) is 12.0 Å². The van der Waals surface area contributed by atoms with E-state index >= 15 is 0 Å². The van der Waals surface area contributed by atoms with Crippen molar-refractivity contribution in [2.45, 2.75) is 32.2 Å². The van der Waals surface area contributed by atoms with E-state index in [1.807, 2.05) is 42.5 Å². The number of rotatable bonds is 10. The van der Waals surface area contributed by atoms with Gasteiger partial charge in [-0.1, -0.05) is 61.9 Å². The number of benzene rings is 2. The van der Waals surface area contributed by atoms with Gasteiger partial charge in [-0.2, -0.15) is 11.8 Å². The topological polar surface area (TPSA) is 66.4 Å². The van der Waals surface area contributed by atoms with Crippen LogP contribution in [0.25, 0.3) is 11.1 Å². The molecule has 138 valence electrons. The standard InChI is InChI=1S/C21H25NO3S/c1-2-3-14-26-15-13-19(21(24)25)22-20(23)18-12-8-7-11-17(18)16-9-5-4-6-10-16/h4-12,19H,2-3,13-15H2,1H3,(H,22,23)(H,24,25)/t19-/m0/s1. The molecular formula is C21H25NO3S. The molecule has 0 radical (unpaired) electrons. The average molecular weight is 372 g/mol. The summed E-state index contributed by atoms with van der Waals surface area (Å²) in [4.78, 5) is 24.2. The molecule has 0 aromatic heterocycles. The van der Waals surface area contributed by atoms with Gasteiger partial charge in [-0.25, -0.2) is 4.79 Å². The van der Waals surface area contributed by atoms with Crippen molar-refractivity contribution in [3.63, 3.8) is 0 Å². The van der Waals surface area contributed by atoms with Crippen LogP contribution in [-0.4, -0.2) is 34.5 Å². The smallest absolute Gasteiger partial charge is 0.326 e. The fourth-order valence-electron chi connectivity index (χ4n) is 2.59. The number of carboxylic acids is 1. The van der Waals surface area contributed by atoms with Gasteiger partial charge in [0.1, 0.15) is 6.04 Å². The van der Waals surface area contributed by atoms with Crippen LogP contribution >= 0.6 is 11.8 Å². The highest BCUT2D eigenvalue weighted by molar-refractivity contribution is 7.99. The largest absolute Gasteiger partial charge is 0.480 e. The van der Waals surface area contributed by atoms with Gasteiger partial charge >= 0.3 is 5.97 Å². The number of carbonyl (C=O) groups excluding carboxylic acids is 1. The van der Waals surface area contributed by atoms with Crippen LogP contribution in [-0.2, 0) is 4.79 Å². The maximum atomic E-state index is 12.7. The van der Waals surface area contributed by atoms with Crippen molar-refractivity contribution in [1.82, 2.24) is 5.32 Å². The average Bonchev–Trinajstić information content (AvgIpc) is 2.67. The summed E-state index contributed by atoms with van der Waals surface area (Å²) in [7, 11) is 0. The van der Waals surface area contributed by atoms with Crippen molar-refractivity contribution >= 4 is 23.6 Å². The molecule has 2 aromatic carbocycles. The molecule has 1 atom stereocenters. The zero-order chi connectivity index (χ0) is 18.8. The molecule has 2 aromatic rings. The van der Waals surface area contributed by atoms with Gasteiger partial charge in [0.2, 0.25) is 0 Å². The monoisotopic (exact) mass is 371 g/mol. The first kappa shape index (κ1) is 20.0. The van der Waals surface area contributed by atoms with E-state index in [2.05, 4.69) is 12.2 Å². The molecular weight excluding hydrogens is 346 g/mol. The molecule has 0 saturated carbocycles. The van der Waals surface area contributed by atoms with Crippen LogP contribution in [0.5, 0.6) is 0 Å². The minimum absolute atomic E-state index is 0.351. The third kappa shape index (κ3) is 5.92. The second-order valence-corrected chi connectivity index (χ2v) is 7.26. The minimum atomic E-state index is -0.994. The number of amides is 1. The molecule has 4 nitrogen and oxygen atoms in total. The second-order valence-electron chi connectivity index (χ2n) is 6.03. The fraction of sp³-hybridized carbons (Fsp3) is 0.333. The highest BCUT2D eigenvalue weighted by Crippen LogP contribution is 2.23. The Morgan fingerprint density at radius 2 is 1.73 bits per heavy atom. The summed E-state index contributed by atoms with van der Waals surface area (Å²) in [6.45, 7) is 2.13. The zero-order valence-corrected chi connectivity index (χ0v) is 15.8.